The van der Waals surface area contributed by atoms with E-state index in [4.69, 9.17) is 4.74 Å². The lowest BCUT2D eigenvalue weighted by Crippen LogP contribution is -2.13. The lowest BCUT2D eigenvalue weighted by atomic mass is 10.1. The minimum Gasteiger partial charge on any atom is -0.466 e. The Kier molecular flexibility index (Phi) is 4.69. The van der Waals surface area contributed by atoms with Crippen molar-refractivity contribution in [2.45, 2.75) is 13.3 Å². The topological polar surface area (TPSA) is 46.6 Å². The fraction of sp³-hybridized carbons (Fsp3) is 0.385. The van der Waals surface area contributed by atoms with Crippen molar-refractivity contribution in [3.63, 3.8) is 0 Å². The van der Waals surface area contributed by atoms with E-state index in [1.807, 2.05) is 25.1 Å². The van der Waals surface area contributed by atoms with Gasteiger partial charge in [0, 0.05) is 25.3 Å². The summed E-state index contributed by atoms with van der Waals surface area (Å²) in [4.78, 5) is 24.9. The van der Waals surface area contributed by atoms with Crippen LogP contribution in [-0.2, 0) is 9.53 Å². The van der Waals surface area contributed by atoms with Gasteiger partial charge in [0.05, 0.1) is 6.61 Å². The van der Waals surface area contributed by atoms with E-state index in [1.54, 1.807) is 25.1 Å². The van der Waals surface area contributed by atoms with Gasteiger partial charge in [-0.1, -0.05) is 12.1 Å². The van der Waals surface area contributed by atoms with E-state index < -0.39 is 5.97 Å². The quantitative estimate of drug-likeness (QED) is 0.444. The van der Waals surface area contributed by atoms with Gasteiger partial charge in [-0.05, 0) is 19.1 Å². The van der Waals surface area contributed by atoms with Gasteiger partial charge in [0.25, 0.3) is 0 Å². The number of hydrogen-bond donors (Lipinski definition) is 0. The maximum Gasteiger partial charge on any atom is 0.313 e. The van der Waals surface area contributed by atoms with E-state index in [0.717, 1.165) is 5.69 Å². The molecular formula is C13H17NO3. The van der Waals surface area contributed by atoms with Crippen LogP contribution in [0.3, 0.4) is 0 Å². The van der Waals surface area contributed by atoms with Gasteiger partial charge >= 0.3 is 5.97 Å². The smallest absolute Gasteiger partial charge is 0.313 e. The van der Waals surface area contributed by atoms with Crippen molar-refractivity contribution in [3.8, 4) is 0 Å². The van der Waals surface area contributed by atoms with Gasteiger partial charge in [0.2, 0.25) is 0 Å². The third-order valence-electron chi connectivity index (χ3n) is 2.29. The SMILES string of the molecule is CCOC(=O)CC(=O)c1cccc(N(C)C)c1. The third kappa shape index (κ3) is 3.90. The van der Waals surface area contributed by atoms with Gasteiger partial charge in [0.15, 0.2) is 5.78 Å². The summed E-state index contributed by atoms with van der Waals surface area (Å²) in [7, 11) is 3.80. The van der Waals surface area contributed by atoms with E-state index in [1.165, 1.54) is 0 Å². The average Bonchev–Trinajstić information content (AvgIpc) is 2.29. The predicted octanol–water partition coefficient (Wildman–Crippen LogP) is 1.89. The van der Waals surface area contributed by atoms with Gasteiger partial charge < -0.3 is 9.64 Å². The van der Waals surface area contributed by atoms with E-state index >= 15 is 0 Å². The largest absolute Gasteiger partial charge is 0.466 e. The van der Waals surface area contributed by atoms with Crippen LogP contribution in [-0.4, -0.2) is 32.5 Å². The second-order valence-electron chi connectivity index (χ2n) is 3.85. The number of anilines is 1. The van der Waals surface area contributed by atoms with Crippen LogP contribution in [0.25, 0.3) is 0 Å². The Morgan fingerprint density at radius 3 is 2.59 bits per heavy atom. The molecule has 4 heteroatoms. The number of hydrogen-bond acceptors (Lipinski definition) is 4. The van der Waals surface area contributed by atoms with Crippen LogP contribution in [0.2, 0.25) is 0 Å². The number of nitrogens with zero attached hydrogens (tertiary/aromatic N) is 1. The summed E-state index contributed by atoms with van der Waals surface area (Å²) < 4.78 is 4.74. The molecule has 0 fully saturated rings. The molecule has 0 bridgehead atoms. The van der Waals surface area contributed by atoms with Crippen molar-refractivity contribution >= 4 is 17.4 Å². The molecule has 4 nitrogen and oxygen atoms in total. The number of carbonyl (C=O) groups is 2. The van der Waals surface area contributed by atoms with Crippen molar-refractivity contribution in [1.82, 2.24) is 0 Å². The molecule has 0 aromatic heterocycles. The van der Waals surface area contributed by atoms with E-state index in [2.05, 4.69) is 0 Å². The van der Waals surface area contributed by atoms with Gasteiger partial charge in [-0.2, -0.15) is 0 Å². The Balaban J connectivity index is 2.75. The van der Waals surface area contributed by atoms with Crippen LogP contribution in [0.5, 0.6) is 0 Å². The molecule has 17 heavy (non-hydrogen) atoms. The highest BCUT2D eigenvalue weighted by Crippen LogP contribution is 2.14. The fourth-order valence-corrected chi connectivity index (χ4v) is 1.40. The van der Waals surface area contributed by atoms with Crippen molar-refractivity contribution in [2.24, 2.45) is 0 Å². The maximum absolute atomic E-state index is 11.8. The van der Waals surface area contributed by atoms with Crippen LogP contribution in [0, 0.1) is 0 Å². The van der Waals surface area contributed by atoms with E-state index in [9.17, 15) is 9.59 Å². The van der Waals surface area contributed by atoms with Crippen molar-refractivity contribution < 1.29 is 14.3 Å². The number of benzene rings is 1. The monoisotopic (exact) mass is 235 g/mol. The summed E-state index contributed by atoms with van der Waals surface area (Å²) >= 11 is 0. The first-order valence-electron chi connectivity index (χ1n) is 5.50. The molecule has 0 unspecified atom stereocenters. The van der Waals surface area contributed by atoms with Crippen molar-refractivity contribution in [1.29, 1.82) is 0 Å². The molecule has 1 rings (SSSR count). The molecule has 0 aliphatic carbocycles. The van der Waals surface area contributed by atoms with Gasteiger partial charge in [-0.3, -0.25) is 9.59 Å². The molecule has 0 aliphatic heterocycles. The molecule has 0 atom stereocenters. The number of rotatable bonds is 5. The van der Waals surface area contributed by atoms with Crippen LogP contribution in [0.4, 0.5) is 5.69 Å². The van der Waals surface area contributed by atoms with Crippen LogP contribution < -0.4 is 4.90 Å². The normalized spacial score (nSPS) is 9.82. The molecule has 0 radical (unpaired) electrons. The Labute approximate surface area is 101 Å². The molecule has 0 saturated heterocycles. The van der Waals surface area contributed by atoms with E-state index in [0.29, 0.717) is 12.2 Å². The highest BCUT2D eigenvalue weighted by atomic mass is 16.5. The molecule has 92 valence electrons. The zero-order chi connectivity index (χ0) is 12.8. The van der Waals surface area contributed by atoms with Crippen LogP contribution >= 0.6 is 0 Å². The summed E-state index contributed by atoms with van der Waals surface area (Å²) in [6, 6.07) is 7.17. The zero-order valence-corrected chi connectivity index (χ0v) is 10.4. The first-order valence-corrected chi connectivity index (χ1v) is 5.50. The van der Waals surface area contributed by atoms with Gasteiger partial charge in [-0.25, -0.2) is 0 Å². The summed E-state index contributed by atoms with van der Waals surface area (Å²) in [6.45, 7) is 2.01. The van der Waals surface area contributed by atoms with Gasteiger partial charge in [-0.15, -0.1) is 0 Å². The first-order chi connectivity index (χ1) is 8.04. The molecular weight excluding hydrogens is 218 g/mol. The molecule has 0 N–H and O–H groups in total. The summed E-state index contributed by atoms with van der Waals surface area (Å²) in [6.07, 6.45) is -0.204. The Morgan fingerprint density at radius 1 is 1.29 bits per heavy atom. The Hall–Kier alpha value is -1.84. The maximum atomic E-state index is 11.8. The second-order valence-corrected chi connectivity index (χ2v) is 3.85. The summed E-state index contributed by atoms with van der Waals surface area (Å²) in [5, 5.41) is 0. The highest BCUT2D eigenvalue weighted by Gasteiger charge is 2.13. The second kappa shape index (κ2) is 6.03. The number of carbonyl (C=O) groups excluding carboxylic acids is 2. The van der Waals surface area contributed by atoms with Gasteiger partial charge in [0.1, 0.15) is 6.42 Å². The average molecular weight is 235 g/mol. The van der Waals surface area contributed by atoms with Crippen molar-refractivity contribution in [2.75, 3.05) is 25.6 Å². The molecule has 1 aromatic rings. The van der Waals surface area contributed by atoms with Crippen LogP contribution in [0.1, 0.15) is 23.7 Å². The number of ketones is 1. The van der Waals surface area contributed by atoms with E-state index in [-0.39, 0.29) is 12.2 Å². The van der Waals surface area contributed by atoms with Crippen LogP contribution in [0.15, 0.2) is 24.3 Å². The zero-order valence-electron chi connectivity index (χ0n) is 10.4. The summed E-state index contributed by atoms with van der Waals surface area (Å²) in [5.41, 5.74) is 1.46. The minimum absolute atomic E-state index is 0.204. The number of Topliss-reactive ketones (excluding diaryl/α,β-unsaturated/α-hetero) is 1. The van der Waals surface area contributed by atoms with Crippen molar-refractivity contribution in [3.05, 3.63) is 29.8 Å². The third-order valence-corrected chi connectivity index (χ3v) is 2.29. The molecule has 0 saturated carbocycles. The first kappa shape index (κ1) is 13.2. The highest BCUT2D eigenvalue weighted by molar-refractivity contribution is 6.06. The molecule has 0 heterocycles. The number of ether oxygens (including phenoxy) is 1. The summed E-state index contributed by atoms with van der Waals surface area (Å²) in [5.74, 6) is -0.695. The Morgan fingerprint density at radius 2 is 2.00 bits per heavy atom. The fourth-order valence-electron chi connectivity index (χ4n) is 1.40. The lowest BCUT2D eigenvalue weighted by molar-refractivity contribution is -0.141. The Bertz CT molecular complexity index is 413. The molecule has 0 aliphatic rings. The lowest BCUT2D eigenvalue weighted by Gasteiger charge is -2.13. The minimum atomic E-state index is -0.479. The molecule has 0 spiro atoms. The molecule has 1 aromatic carbocycles. The number of esters is 1. The molecule has 0 amide bonds. The standard InChI is InChI=1S/C13H17NO3/c1-4-17-13(16)9-12(15)10-6-5-7-11(8-10)14(2)3/h5-8H,4,9H2,1-3H3. The predicted molar refractivity (Wildman–Crippen MR) is 66.3 cm³/mol.